The first-order valence-electron chi connectivity index (χ1n) is 9.37. The fraction of sp³-hybridized carbons (Fsp3) is 0.182. The number of amides is 1. The van der Waals surface area contributed by atoms with Crippen molar-refractivity contribution in [1.82, 2.24) is 24.7 Å². The summed E-state index contributed by atoms with van der Waals surface area (Å²) < 4.78 is 1.61. The number of allylic oxidation sites excluding steroid dienone is 4. The summed E-state index contributed by atoms with van der Waals surface area (Å²) in [6.45, 7) is 9.36. The van der Waals surface area contributed by atoms with Crippen LogP contribution >= 0.6 is 0 Å². The van der Waals surface area contributed by atoms with E-state index in [1.165, 1.54) is 6.33 Å². The average Bonchev–Trinajstić information content (AvgIpc) is 3.12. The summed E-state index contributed by atoms with van der Waals surface area (Å²) in [6, 6.07) is 3.60. The first-order chi connectivity index (χ1) is 14.5. The molecule has 3 heterocycles. The zero-order chi connectivity index (χ0) is 21.5. The van der Waals surface area contributed by atoms with E-state index in [-0.39, 0.29) is 12.5 Å². The van der Waals surface area contributed by atoms with Crippen molar-refractivity contribution in [1.29, 1.82) is 0 Å². The molecule has 1 amide bonds. The van der Waals surface area contributed by atoms with Crippen LogP contribution in [0.5, 0.6) is 0 Å². The molecule has 3 aromatic heterocycles. The van der Waals surface area contributed by atoms with Crippen molar-refractivity contribution in [3.63, 3.8) is 0 Å². The number of aromatic nitrogens is 5. The lowest BCUT2D eigenvalue weighted by atomic mass is 10.1. The normalized spacial score (nSPS) is 12.0. The summed E-state index contributed by atoms with van der Waals surface area (Å²) >= 11 is 0. The van der Waals surface area contributed by atoms with Gasteiger partial charge in [-0.1, -0.05) is 6.08 Å². The predicted octanol–water partition coefficient (Wildman–Crippen LogP) is 3.69. The van der Waals surface area contributed by atoms with Gasteiger partial charge >= 0.3 is 0 Å². The van der Waals surface area contributed by atoms with Crippen molar-refractivity contribution in [3.8, 4) is 11.1 Å². The van der Waals surface area contributed by atoms with E-state index in [4.69, 9.17) is 0 Å². The van der Waals surface area contributed by atoms with Crippen LogP contribution in [0.4, 0.5) is 5.82 Å². The minimum absolute atomic E-state index is 0.0796. The van der Waals surface area contributed by atoms with Crippen molar-refractivity contribution in [2.45, 2.75) is 27.3 Å². The van der Waals surface area contributed by atoms with Gasteiger partial charge in [0, 0.05) is 47.2 Å². The first-order valence-corrected chi connectivity index (χ1v) is 9.37. The molecule has 152 valence electrons. The van der Waals surface area contributed by atoms with Crippen LogP contribution in [0, 0.1) is 6.92 Å². The second-order valence-electron chi connectivity index (χ2n) is 6.62. The Morgan fingerprint density at radius 3 is 2.63 bits per heavy atom. The summed E-state index contributed by atoms with van der Waals surface area (Å²) in [5.41, 5.74) is 5.29. The maximum Gasteiger partial charge on any atom is 0.247 e. The van der Waals surface area contributed by atoms with Gasteiger partial charge in [-0.3, -0.25) is 14.5 Å². The Labute approximate surface area is 175 Å². The van der Waals surface area contributed by atoms with Crippen LogP contribution in [-0.4, -0.2) is 37.4 Å². The minimum Gasteiger partial charge on any atom is -0.309 e. The van der Waals surface area contributed by atoms with E-state index in [2.05, 4.69) is 37.1 Å². The van der Waals surface area contributed by atoms with Crippen molar-refractivity contribution >= 4 is 24.0 Å². The lowest BCUT2D eigenvalue weighted by molar-refractivity contribution is -0.116. The topological polar surface area (TPSA) is 98.0 Å². The van der Waals surface area contributed by atoms with Crippen LogP contribution < -0.4 is 5.32 Å². The van der Waals surface area contributed by atoms with Gasteiger partial charge in [-0.05, 0) is 51.3 Å². The molecule has 3 aromatic rings. The second kappa shape index (κ2) is 9.51. The van der Waals surface area contributed by atoms with Gasteiger partial charge in [0.1, 0.15) is 18.7 Å². The van der Waals surface area contributed by atoms with Gasteiger partial charge in [0.15, 0.2) is 0 Å². The van der Waals surface area contributed by atoms with Gasteiger partial charge in [-0.25, -0.2) is 15.0 Å². The zero-order valence-corrected chi connectivity index (χ0v) is 17.2. The lowest BCUT2D eigenvalue weighted by Gasteiger charge is -2.06. The highest BCUT2D eigenvalue weighted by Gasteiger charge is 2.11. The highest BCUT2D eigenvalue weighted by atomic mass is 16.2. The number of aliphatic imine (C=N–C) groups is 1. The fourth-order valence-corrected chi connectivity index (χ4v) is 2.89. The molecule has 0 unspecified atom stereocenters. The molecule has 8 nitrogen and oxygen atoms in total. The molecule has 0 fully saturated rings. The largest absolute Gasteiger partial charge is 0.309 e. The van der Waals surface area contributed by atoms with Crippen LogP contribution in [0.15, 0.2) is 66.1 Å². The molecule has 0 aromatic carbocycles. The van der Waals surface area contributed by atoms with Crippen LogP contribution in [0.1, 0.15) is 25.1 Å². The number of hydrogen-bond acceptors (Lipinski definition) is 6. The molecule has 1 N–H and O–H groups in total. The minimum atomic E-state index is -0.214. The number of carbonyl (C=O) groups is 1. The number of rotatable bonds is 7. The van der Waals surface area contributed by atoms with E-state index >= 15 is 0 Å². The van der Waals surface area contributed by atoms with Gasteiger partial charge in [-0.2, -0.15) is 5.10 Å². The number of carbonyl (C=O) groups excluding carboxylic acids is 1. The molecule has 0 aliphatic rings. The summed E-state index contributed by atoms with van der Waals surface area (Å²) in [7, 11) is 0. The van der Waals surface area contributed by atoms with Gasteiger partial charge in [0.2, 0.25) is 5.91 Å². The summed E-state index contributed by atoms with van der Waals surface area (Å²) in [5, 5.41) is 7.24. The van der Waals surface area contributed by atoms with Crippen molar-refractivity contribution in [2.75, 3.05) is 5.32 Å². The molecule has 0 spiro atoms. The molecule has 0 aliphatic heterocycles. The van der Waals surface area contributed by atoms with Crippen molar-refractivity contribution in [3.05, 3.63) is 72.4 Å². The number of aryl methyl sites for hydroxylation is 1. The number of nitrogens with zero attached hydrogens (tertiary/aromatic N) is 6. The zero-order valence-electron chi connectivity index (χ0n) is 17.2. The van der Waals surface area contributed by atoms with E-state index in [9.17, 15) is 4.79 Å². The van der Waals surface area contributed by atoms with E-state index in [1.54, 1.807) is 29.3 Å². The SMILES string of the molecule is C=N/C(C)=C\C(=C/C)c1cn(CC(=O)Nc2ccc(-c3cncnc3)cn2)nc1C. The molecule has 0 saturated heterocycles. The standard InChI is InChI=1S/C22H23N7O/c1-5-17(8-15(2)23-4)20-12-29(28-16(20)3)13-22(30)27-21-7-6-18(11-26-21)19-9-24-14-25-10-19/h5-12,14H,4,13H2,1-3H3,(H,26,27,30)/b15-8-,17-5+. The highest BCUT2D eigenvalue weighted by Crippen LogP contribution is 2.21. The van der Waals surface area contributed by atoms with E-state index in [0.29, 0.717) is 5.82 Å². The molecule has 0 bridgehead atoms. The van der Waals surface area contributed by atoms with Crippen LogP contribution in [0.3, 0.4) is 0 Å². The summed E-state index contributed by atoms with van der Waals surface area (Å²) in [4.78, 5) is 28.6. The van der Waals surface area contributed by atoms with Gasteiger partial charge in [-0.15, -0.1) is 0 Å². The Morgan fingerprint density at radius 1 is 1.23 bits per heavy atom. The van der Waals surface area contributed by atoms with E-state index < -0.39 is 0 Å². The fourth-order valence-electron chi connectivity index (χ4n) is 2.89. The quantitative estimate of drug-likeness (QED) is 0.481. The molecule has 0 atom stereocenters. The third-order valence-corrected chi connectivity index (χ3v) is 4.41. The Morgan fingerprint density at radius 2 is 2.00 bits per heavy atom. The Kier molecular flexibility index (Phi) is 6.59. The highest BCUT2D eigenvalue weighted by molar-refractivity contribution is 5.89. The van der Waals surface area contributed by atoms with E-state index in [1.807, 2.05) is 45.2 Å². The second-order valence-corrected chi connectivity index (χ2v) is 6.62. The number of nitrogens with one attached hydrogen (secondary N) is 1. The molecule has 0 saturated carbocycles. The third-order valence-electron chi connectivity index (χ3n) is 4.41. The average molecular weight is 401 g/mol. The van der Waals surface area contributed by atoms with Crippen molar-refractivity contribution in [2.24, 2.45) is 4.99 Å². The Bertz CT molecular complexity index is 1100. The smallest absolute Gasteiger partial charge is 0.247 e. The molecule has 0 aliphatic carbocycles. The number of anilines is 1. The van der Waals surface area contributed by atoms with Crippen molar-refractivity contribution < 1.29 is 4.79 Å². The van der Waals surface area contributed by atoms with Gasteiger partial charge in [0.25, 0.3) is 0 Å². The van der Waals surface area contributed by atoms with Crippen LogP contribution in [0.2, 0.25) is 0 Å². The third kappa shape index (κ3) is 5.11. The van der Waals surface area contributed by atoms with Gasteiger partial charge < -0.3 is 5.32 Å². The molecule has 0 radical (unpaired) electrons. The maximum atomic E-state index is 12.4. The molecular formula is C22H23N7O. The first kappa shape index (κ1) is 20.8. The molecular weight excluding hydrogens is 378 g/mol. The molecule has 30 heavy (non-hydrogen) atoms. The molecule has 3 rings (SSSR count). The number of pyridine rings is 1. The lowest BCUT2D eigenvalue weighted by Crippen LogP contribution is -2.19. The Balaban J connectivity index is 1.67. The summed E-state index contributed by atoms with van der Waals surface area (Å²) in [6.07, 6.45) is 12.3. The molecule has 8 heteroatoms. The Hall–Kier alpha value is -3.94. The van der Waals surface area contributed by atoms with Gasteiger partial charge in [0.05, 0.1) is 5.69 Å². The van der Waals surface area contributed by atoms with Crippen LogP contribution in [-0.2, 0) is 11.3 Å². The predicted molar refractivity (Wildman–Crippen MR) is 118 cm³/mol. The van der Waals surface area contributed by atoms with E-state index in [0.717, 1.165) is 33.7 Å². The number of hydrogen-bond donors (Lipinski definition) is 1. The maximum absolute atomic E-state index is 12.4. The summed E-state index contributed by atoms with van der Waals surface area (Å²) in [5.74, 6) is 0.253. The monoisotopic (exact) mass is 401 g/mol. The van der Waals surface area contributed by atoms with Crippen LogP contribution in [0.25, 0.3) is 16.7 Å².